The maximum atomic E-state index is 11.8. The molecular weight excluding hydrogens is 256 g/mol. The largest absolute Gasteiger partial charge is 0.481 e. The number of primary amides is 2. The summed E-state index contributed by atoms with van der Waals surface area (Å²) in [5.74, 6) is -3.53. The van der Waals surface area contributed by atoms with E-state index in [1.807, 2.05) is 0 Å². The SMILES string of the molecule is CC(NC(=O)N(CC(N)=O)CC(N)=O)C(C)C(=O)O. The van der Waals surface area contributed by atoms with Crippen molar-refractivity contribution in [3.05, 3.63) is 0 Å². The van der Waals surface area contributed by atoms with Crippen LogP contribution < -0.4 is 16.8 Å². The number of rotatable bonds is 7. The zero-order valence-corrected chi connectivity index (χ0v) is 10.8. The van der Waals surface area contributed by atoms with Crippen molar-refractivity contribution >= 4 is 23.8 Å². The average molecular weight is 274 g/mol. The van der Waals surface area contributed by atoms with Crippen LogP contribution in [0, 0.1) is 5.92 Å². The highest BCUT2D eigenvalue weighted by molar-refractivity contribution is 5.87. The van der Waals surface area contributed by atoms with Gasteiger partial charge in [0.1, 0.15) is 13.1 Å². The molecule has 19 heavy (non-hydrogen) atoms. The standard InChI is InChI=1S/C10H18N4O5/c1-5(9(17)18)6(2)13-10(19)14(3-7(11)15)4-8(12)16/h5-6H,3-4H2,1-2H3,(H2,11,15)(H2,12,16)(H,13,19)(H,17,18). The van der Waals surface area contributed by atoms with Gasteiger partial charge in [-0.25, -0.2) is 4.79 Å². The molecule has 9 heteroatoms. The number of carbonyl (C=O) groups is 4. The van der Waals surface area contributed by atoms with E-state index >= 15 is 0 Å². The molecule has 2 unspecified atom stereocenters. The minimum absolute atomic E-state index is 0.483. The first kappa shape index (κ1) is 16.7. The van der Waals surface area contributed by atoms with Crippen molar-refractivity contribution in [3.8, 4) is 0 Å². The van der Waals surface area contributed by atoms with Crippen molar-refractivity contribution in [2.24, 2.45) is 17.4 Å². The molecule has 0 spiro atoms. The normalized spacial score (nSPS) is 13.2. The van der Waals surface area contributed by atoms with E-state index in [1.165, 1.54) is 13.8 Å². The van der Waals surface area contributed by atoms with E-state index in [-0.39, 0.29) is 0 Å². The lowest BCUT2D eigenvalue weighted by molar-refractivity contribution is -0.141. The van der Waals surface area contributed by atoms with Crippen molar-refractivity contribution in [2.75, 3.05) is 13.1 Å². The van der Waals surface area contributed by atoms with E-state index in [0.29, 0.717) is 0 Å². The van der Waals surface area contributed by atoms with Gasteiger partial charge in [-0.05, 0) is 13.8 Å². The Hall–Kier alpha value is -2.32. The van der Waals surface area contributed by atoms with Crippen LogP contribution in [0.15, 0.2) is 0 Å². The Kier molecular flexibility index (Phi) is 6.31. The minimum atomic E-state index is -1.08. The first-order valence-corrected chi connectivity index (χ1v) is 5.50. The van der Waals surface area contributed by atoms with Gasteiger partial charge in [0.25, 0.3) is 0 Å². The minimum Gasteiger partial charge on any atom is -0.481 e. The van der Waals surface area contributed by atoms with Gasteiger partial charge in [-0.1, -0.05) is 0 Å². The van der Waals surface area contributed by atoms with Crippen LogP contribution in [-0.2, 0) is 14.4 Å². The zero-order chi connectivity index (χ0) is 15.2. The summed E-state index contributed by atoms with van der Waals surface area (Å²) < 4.78 is 0. The van der Waals surface area contributed by atoms with Gasteiger partial charge in [-0.3, -0.25) is 14.4 Å². The first-order valence-electron chi connectivity index (χ1n) is 5.50. The Balaban J connectivity index is 4.67. The molecule has 9 nitrogen and oxygen atoms in total. The van der Waals surface area contributed by atoms with Crippen LogP contribution in [0.3, 0.4) is 0 Å². The first-order chi connectivity index (χ1) is 8.65. The second-order valence-electron chi connectivity index (χ2n) is 4.15. The summed E-state index contributed by atoms with van der Waals surface area (Å²) in [4.78, 5) is 44.9. The summed E-state index contributed by atoms with van der Waals surface area (Å²) >= 11 is 0. The molecule has 6 N–H and O–H groups in total. The fourth-order valence-electron chi connectivity index (χ4n) is 1.20. The summed E-state index contributed by atoms with van der Waals surface area (Å²) in [5, 5.41) is 11.1. The summed E-state index contributed by atoms with van der Waals surface area (Å²) in [7, 11) is 0. The third-order valence-electron chi connectivity index (χ3n) is 2.47. The molecule has 108 valence electrons. The lowest BCUT2D eigenvalue weighted by Crippen LogP contribution is -2.51. The van der Waals surface area contributed by atoms with E-state index in [4.69, 9.17) is 16.6 Å². The number of aliphatic carboxylic acids is 1. The Bertz CT molecular complexity index is 368. The third-order valence-corrected chi connectivity index (χ3v) is 2.47. The van der Waals surface area contributed by atoms with Crippen molar-refractivity contribution in [1.29, 1.82) is 0 Å². The summed E-state index contributed by atoms with van der Waals surface area (Å²) in [6.07, 6.45) is 0. The zero-order valence-electron chi connectivity index (χ0n) is 10.8. The number of nitrogens with zero attached hydrogens (tertiary/aromatic N) is 1. The van der Waals surface area contributed by atoms with Gasteiger partial charge in [0.15, 0.2) is 0 Å². The quantitative estimate of drug-likeness (QED) is 0.425. The number of hydrogen-bond acceptors (Lipinski definition) is 4. The number of nitrogens with two attached hydrogens (primary N) is 2. The molecule has 0 bridgehead atoms. The van der Waals surface area contributed by atoms with Crippen LogP contribution in [-0.4, -0.2) is 53.0 Å². The number of carboxylic acids is 1. The molecule has 2 atom stereocenters. The van der Waals surface area contributed by atoms with E-state index in [9.17, 15) is 19.2 Å². The van der Waals surface area contributed by atoms with Crippen molar-refractivity contribution in [2.45, 2.75) is 19.9 Å². The highest BCUT2D eigenvalue weighted by Crippen LogP contribution is 2.03. The molecule has 0 aliphatic carbocycles. The summed E-state index contributed by atoms with van der Waals surface area (Å²) in [5.41, 5.74) is 9.88. The predicted octanol–water partition coefficient (Wildman–Crippen LogP) is -1.92. The molecule has 0 rings (SSSR count). The highest BCUT2D eigenvalue weighted by Gasteiger charge is 2.24. The van der Waals surface area contributed by atoms with Crippen LogP contribution in [0.2, 0.25) is 0 Å². The van der Waals surface area contributed by atoms with Crippen LogP contribution in [0.4, 0.5) is 4.79 Å². The molecule has 0 aromatic carbocycles. The molecule has 0 saturated heterocycles. The number of carboxylic acid groups (broad SMARTS) is 1. The van der Waals surface area contributed by atoms with E-state index < -0.39 is 48.9 Å². The predicted molar refractivity (Wildman–Crippen MR) is 64.8 cm³/mol. The second-order valence-corrected chi connectivity index (χ2v) is 4.15. The molecule has 0 aliphatic rings. The molecule has 0 aliphatic heterocycles. The third kappa shape index (κ3) is 6.24. The monoisotopic (exact) mass is 274 g/mol. The van der Waals surface area contributed by atoms with Gasteiger partial charge in [0.05, 0.1) is 5.92 Å². The molecule has 0 heterocycles. The molecule has 0 aromatic heterocycles. The second kappa shape index (κ2) is 7.19. The molecule has 0 radical (unpaired) electrons. The average Bonchev–Trinajstić information content (AvgIpc) is 2.25. The molecular formula is C10H18N4O5. The van der Waals surface area contributed by atoms with E-state index in [2.05, 4.69) is 5.32 Å². The van der Waals surface area contributed by atoms with Gasteiger partial charge in [0, 0.05) is 6.04 Å². The molecule has 0 aromatic rings. The van der Waals surface area contributed by atoms with Gasteiger partial charge in [0.2, 0.25) is 11.8 Å². The van der Waals surface area contributed by atoms with Crippen LogP contribution in [0.1, 0.15) is 13.8 Å². The molecule has 4 amide bonds. The van der Waals surface area contributed by atoms with Crippen LogP contribution in [0.25, 0.3) is 0 Å². The number of hydrogen-bond donors (Lipinski definition) is 4. The van der Waals surface area contributed by atoms with Crippen LogP contribution in [0.5, 0.6) is 0 Å². The topological polar surface area (TPSA) is 156 Å². The number of carbonyl (C=O) groups excluding carboxylic acids is 3. The smallest absolute Gasteiger partial charge is 0.318 e. The maximum Gasteiger partial charge on any atom is 0.318 e. The van der Waals surface area contributed by atoms with E-state index in [1.54, 1.807) is 0 Å². The van der Waals surface area contributed by atoms with E-state index in [0.717, 1.165) is 4.90 Å². The molecule has 0 saturated carbocycles. The number of urea groups is 1. The van der Waals surface area contributed by atoms with Gasteiger partial charge in [-0.15, -0.1) is 0 Å². The van der Waals surface area contributed by atoms with Gasteiger partial charge >= 0.3 is 12.0 Å². The Morgan fingerprint density at radius 1 is 1.11 bits per heavy atom. The van der Waals surface area contributed by atoms with Crippen LogP contribution >= 0.6 is 0 Å². The van der Waals surface area contributed by atoms with Crippen molar-refractivity contribution < 1.29 is 24.3 Å². The molecule has 0 fully saturated rings. The fourth-order valence-corrected chi connectivity index (χ4v) is 1.20. The Morgan fingerprint density at radius 3 is 1.84 bits per heavy atom. The lowest BCUT2D eigenvalue weighted by atomic mass is 10.0. The fraction of sp³-hybridized carbons (Fsp3) is 0.600. The lowest BCUT2D eigenvalue weighted by Gasteiger charge is -2.24. The van der Waals surface area contributed by atoms with Crippen molar-refractivity contribution in [1.82, 2.24) is 10.2 Å². The highest BCUT2D eigenvalue weighted by atomic mass is 16.4. The number of nitrogens with one attached hydrogen (secondary N) is 1. The summed E-state index contributed by atoms with van der Waals surface area (Å²) in [6, 6.07) is -1.47. The maximum absolute atomic E-state index is 11.8. The number of amides is 4. The summed E-state index contributed by atoms with van der Waals surface area (Å²) in [6.45, 7) is 1.94. The van der Waals surface area contributed by atoms with Gasteiger partial charge < -0.3 is 26.8 Å². The Morgan fingerprint density at radius 2 is 1.53 bits per heavy atom. The Labute approximate surface area is 109 Å². The van der Waals surface area contributed by atoms with Gasteiger partial charge in [-0.2, -0.15) is 0 Å². The van der Waals surface area contributed by atoms with Crippen molar-refractivity contribution in [3.63, 3.8) is 0 Å².